The molecule has 0 bridgehead atoms. The Labute approximate surface area is 101 Å². The van der Waals surface area contributed by atoms with E-state index in [9.17, 15) is 4.79 Å². The zero-order valence-electron chi connectivity index (χ0n) is 9.82. The quantitative estimate of drug-likeness (QED) is 0.737. The first-order valence-electron chi connectivity index (χ1n) is 6.03. The number of hydrogen-bond donors (Lipinski definition) is 2. The molecule has 1 amide bonds. The molecule has 1 saturated carbocycles. The highest BCUT2D eigenvalue weighted by atomic mass is 16.5. The number of anilines is 1. The van der Waals surface area contributed by atoms with Crippen LogP contribution in [0.2, 0.25) is 0 Å². The van der Waals surface area contributed by atoms with Gasteiger partial charge in [-0.05, 0) is 50.1 Å². The molecule has 92 valence electrons. The van der Waals surface area contributed by atoms with Gasteiger partial charge in [0.1, 0.15) is 5.75 Å². The van der Waals surface area contributed by atoms with Crippen LogP contribution in [0.25, 0.3) is 0 Å². The summed E-state index contributed by atoms with van der Waals surface area (Å²) >= 11 is 0. The second-order valence-corrected chi connectivity index (χ2v) is 4.28. The summed E-state index contributed by atoms with van der Waals surface area (Å²) in [5.41, 5.74) is 6.21. The van der Waals surface area contributed by atoms with Gasteiger partial charge in [-0.3, -0.25) is 4.79 Å². The van der Waals surface area contributed by atoms with Crippen LogP contribution in [0.15, 0.2) is 24.3 Å². The van der Waals surface area contributed by atoms with E-state index in [-0.39, 0.29) is 11.8 Å². The highest BCUT2D eigenvalue weighted by molar-refractivity contribution is 5.94. The molecule has 1 aliphatic carbocycles. The molecule has 17 heavy (non-hydrogen) atoms. The minimum atomic E-state index is 0.127. The number of carbonyl (C=O) groups is 1. The molecule has 0 heterocycles. The van der Waals surface area contributed by atoms with E-state index in [1.165, 1.54) is 0 Å². The molecule has 0 aromatic heterocycles. The SMILES string of the molecule is NCCCOc1ccc(NC(=O)C2CC2)cc1. The maximum Gasteiger partial charge on any atom is 0.227 e. The van der Waals surface area contributed by atoms with E-state index < -0.39 is 0 Å². The van der Waals surface area contributed by atoms with Gasteiger partial charge in [-0.1, -0.05) is 0 Å². The fourth-order valence-electron chi connectivity index (χ4n) is 1.50. The van der Waals surface area contributed by atoms with Crippen LogP contribution in [0.5, 0.6) is 5.75 Å². The highest BCUT2D eigenvalue weighted by Gasteiger charge is 2.29. The van der Waals surface area contributed by atoms with E-state index in [0.29, 0.717) is 13.2 Å². The number of nitrogens with two attached hydrogens (primary N) is 1. The monoisotopic (exact) mass is 234 g/mol. The van der Waals surface area contributed by atoms with Crippen molar-refractivity contribution in [1.29, 1.82) is 0 Å². The van der Waals surface area contributed by atoms with Crippen molar-refractivity contribution < 1.29 is 9.53 Å². The predicted molar refractivity (Wildman–Crippen MR) is 67.0 cm³/mol. The highest BCUT2D eigenvalue weighted by Crippen LogP contribution is 2.30. The third-order valence-electron chi connectivity index (χ3n) is 2.69. The zero-order valence-corrected chi connectivity index (χ0v) is 9.82. The summed E-state index contributed by atoms with van der Waals surface area (Å²) in [5, 5.41) is 2.88. The number of benzene rings is 1. The number of ether oxygens (including phenoxy) is 1. The van der Waals surface area contributed by atoms with Crippen LogP contribution >= 0.6 is 0 Å². The molecule has 1 aromatic carbocycles. The van der Waals surface area contributed by atoms with Gasteiger partial charge in [0, 0.05) is 11.6 Å². The Bertz CT molecular complexity index is 372. The Morgan fingerprint density at radius 3 is 2.65 bits per heavy atom. The summed E-state index contributed by atoms with van der Waals surface area (Å²) in [7, 11) is 0. The van der Waals surface area contributed by atoms with Crippen LogP contribution in [-0.2, 0) is 4.79 Å². The number of rotatable bonds is 6. The Balaban J connectivity index is 1.82. The first kappa shape index (κ1) is 11.9. The molecule has 0 atom stereocenters. The lowest BCUT2D eigenvalue weighted by molar-refractivity contribution is -0.117. The smallest absolute Gasteiger partial charge is 0.227 e. The average molecular weight is 234 g/mol. The van der Waals surface area contributed by atoms with E-state index in [0.717, 1.165) is 30.7 Å². The fraction of sp³-hybridized carbons (Fsp3) is 0.462. The molecule has 1 aliphatic rings. The van der Waals surface area contributed by atoms with Crippen LogP contribution < -0.4 is 15.8 Å². The summed E-state index contributed by atoms with van der Waals surface area (Å²) in [6.07, 6.45) is 2.89. The van der Waals surface area contributed by atoms with Crippen LogP contribution in [0, 0.1) is 5.92 Å². The summed E-state index contributed by atoms with van der Waals surface area (Å²) in [4.78, 5) is 11.5. The Hall–Kier alpha value is -1.55. The van der Waals surface area contributed by atoms with Crippen molar-refractivity contribution in [3.63, 3.8) is 0 Å². The van der Waals surface area contributed by atoms with E-state index in [4.69, 9.17) is 10.5 Å². The lowest BCUT2D eigenvalue weighted by atomic mass is 10.3. The second kappa shape index (κ2) is 5.68. The minimum absolute atomic E-state index is 0.127. The zero-order chi connectivity index (χ0) is 12.1. The van der Waals surface area contributed by atoms with Crippen molar-refractivity contribution >= 4 is 11.6 Å². The van der Waals surface area contributed by atoms with Gasteiger partial charge < -0.3 is 15.8 Å². The van der Waals surface area contributed by atoms with Crippen molar-refractivity contribution in [2.75, 3.05) is 18.5 Å². The number of amides is 1. The molecule has 0 spiro atoms. The van der Waals surface area contributed by atoms with E-state index in [1.807, 2.05) is 24.3 Å². The Morgan fingerprint density at radius 1 is 1.35 bits per heavy atom. The molecular weight excluding hydrogens is 216 g/mol. The third kappa shape index (κ3) is 3.75. The summed E-state index contributed by atoms with van der Waals surface area (Å²) in [6.45, 7) is 1.26. The molecule has 0 saturated heterocycles. The van der Waals surface area contributed by atoms with Crippen LogP contribution in [0.1, 0.15) is 19.3 Å². The van der Waals surface area contributed by atoms with Gasteiger partial charge in [-0.2, -0.15) is 0 Å². The fourth-order valence-corrected chi connectivity index (χ4v) is 1.50. The molecule has 0 unspecified atom stereocenters. The molecule has 1 fully saturated rings. The first-order chi connectivity index (χ1) is 8.29. The molecule has 3 N–H and O–H groups in total. The van der Waals surface area contributed by atoms with E-state index >= 15 is 0 Å². The molecule has 0 radical (unpaired) electrons. The van der Waals surface area contributed by atoms with Crippen molar-refractivity contribution in [2.45, 2.75) is 19.3 Å². The summed E-state index contributed by atoms with van der Waals surface area (Å²) in [5.74, 6) is 1.17. The van der Waals surface area contributed by atoms with Gasteiger partial charge >= 0.3 is 0 Å². The largest absolute Gasteiger partial charge is 0.494 e. The van der Waals surface area contributed by atoms with Gasteiger partial charge in [0.15, 0.2) is 0 Å². The van der Waals surface area contributed by atoms with Crippen LogP contribution in [0.4, 0.5) is 5.69 Å². The minimum Gasteiger partial charge on any atom is -0.494 e. The van der Waals surface area contributed by atoms with Crippen molar-refractivity contribution in [1.82, 2.24) is 0 Å². The summed E-state index contributed by atoms with van der Waals surface area (Å²) in [6, 6.07) is 7.44. The normalized spacial score (nSPS) is 14.4. The number of carbonyl (C=O) groups excluding carboxylic acids is 1. The maximum atomic E-state index is 11.5. The third-order valence-corrected chi connectivity index (χ3v) is 2.69. The van der Waals surface area contributed by atoms with Crippen molar-refractivity contribution in [2.24, 2.45) is 11.7 Å². The van der Waals surface area contributed by atoms with Gasteiger partial charge in [0.05, 0.1) is 6.61 Å². The van der Waals surface area contributed by atoms with E-state index in [1.54, 1.807) is 0 Å². The number of nitrogens with one attached hydrogen (secondary N) is 1. The molecule has 4 nitrogen and oxygen atoms in total. The van der Waals surface area contributed by atoms with E-state index in [2.05, 4.69) is 5.32 Å². The molecule has 1 aromatic rings. The standard InChI is InChI=1S/C13H18N2O2/c14-8-1-9-17-12-6-4-11(5-7-12)15-13(16)10-2-3-10/h4-7,10H,1-3,8-9,14H2,(H,15,16). The van der Waals surface area contributed by atoms with Crippen molar-refractivity contribution in [3.8, 4) is 5.75 Å². The Kier molecular flexibility index (Phi) is 3.98. The second-order valence-electron chi connectivity index (χ2n) is 4.28. The van der Waals surface area contributed by atoms with Gasteiger partial charge in [0.2, 0.25) is 5.91 Å². The first-order valence-corrected chi connectivity index (χ1v) is 6.03. The molecule has 4 heteroatoms. The average Bonchev–Trinajstić information content (AvgIpc) is 3.16. The molecular formula is C13H18N2O2. The maximum absolute atomic E-state index is 11.5. The Morgan fingerprint density at radius 2 is 2.06 bits per heavy atom. The predicted octanol–water partition coefficient (Wildman–Crippen LogP) is 1.76. The number of hydrogen-bond acceptors (Lipinski definition) is 3. The topological polar surface area (TPSA) is 64.3 Å². The molecule has 0 aliphatic heterocycles. The van der Waals surface area contributed by atoms with Crippen molar-refractivity contribution in [3.05, 3.63) is 24.3 Å². The molecule has 2 rings (SSSR count). The summed E-state index contributed by atoms with van der Waals surface area (Å²) < 4.78 is 5.47. The van der Waals surface area contributed by atoms with Crippen LogP contribution in [0.3, 0.4) is 0 Å². The van der Waals surface area contributed by atoms with Gasteiger partial charge in [-0.15, -0.1) is 0 Å². The van der Waals surface area contributed by atoms with Gasteiger partial charge in [-0.25, -0.2) is 0 Å². The van der Waals surface area contributed by atoms with Gasteiger partial charge in [0.25, 0.3) is 0 Å². The lowest BCUT2D eigenvalue weighted by Crippen LogP contribution is -2.13. The lowest BCUT2D eigenvalue weighted by Gasteiger charge is -2.07. The van der Waals surface area contributed by atoms with Crippen LogP contribution in [-0.4, -0.2) is 19.1 Å².